The molecule has 0 amide bonds. The highest BCUT2D eigenvalue weighted by molar-refractivity contribution is 6.82. The fourth-order valence-corrected chi connectivity index (χ4v) is 6.31. The number of benzene rings is 2. The first kappa shape index (κ1) is 89.5. The number of Topliss-reactive ketones (excluding diaryl/α,β-unsaturated/α-hetero) is 1. The number of ether oxygens (including phenoxy) is 2. The zero-order valence-electron chi connectivity index (χ0n) is 60.4. The average Bonchev–Trinajstić information content (AvgIpc) is 3.20. The molecule has 0 unspecified atom stereocenters. The Bertz CT molecular complexity index is 1820. The molecule has 0 aliphatic heterocycles. The number of hydrogen-bond acceptors (Lipinski definition) is 5. The van der Waals surface area contributed by atoms with Crippen LogP contribution in [0.2, 0.25) is 23.2 Å². The first-order chi connectivity index (χ1) is 34.4. The van der Waals surface area contributed by atoms with Gasteiger partial charge in [0.25, 0.3) is 0 Å². The van der Waals surface area contributed by atoms with Crippen molar-refractivity contribution < 1.29 is 23.9 Å². The van der Waals surface area contributed by atoms with E-state index in [0.29, 0.717) is 55.8 Å². The SMILES string of the molecule is C=CCC(C)(C)C.C=CCOC(=O)C(C)(C)C.CC(=O)C(C)(C)C.CC(C)(C)C.CC(C)(C)C(=O)OCc1ccccc1.CC(C)(C)C(C)(C)C.CC(C)(C)Cc1ccccc1.CC(C)(C)[Si](C)(C)C(C)(C)C.CCC(C)(C)C. The smallest absolute Gasteiger partial charge is 0.311 e. The second-order valence-corrected chi connectivity index (χ2v) is 40.3. The monoisotopic (exact) mass is 1130 g/mol. The molecule has 0 saturated heterocycles. The third-order valence-electron chi connectivity index (χ3n) is 13.2. The maximum Gasteiger partial charge on any atom is 0.311 e. The van der Waals surface area contributed by atoms with Crippen LogP contribution >= 0.6 is 0 Å². The van der Waals surface area contributed by atoms with Crippen LogP contribution in [0.3, 0.4) is 0 Å². The lowest BCUT2D eigenvalue weighted by Gasteiger charge is -2.47. The number of carbonyl (C=O) groups is 3. The van der Waals surface area contributed by atoms with Crippen molar-refractivity contribution in [2.24, 2.45) is 48.7 Å². The molecule has 6 heteroatoms. The Hall–Kier alpha value is -3.25. The minimum absolute atomic E-state index is 0.139. The summed E-state index contributed by atoms with van der Waals surface area (Å²) in [5.41, 5.74) is 4.24. The Labute approximate surface area is 498 Å². The number of rotatable bonds is 6. The summed E-state index contributed by atoms with van der Waals surface area (Å²) in [6.07, 6.45) is 7.05. The van der Waals surface area contributed by atoms with Crippen LogP contribution in [0.15, 0.2) is 86.0 Å². The molecule has 2 rings (SSSR count). The van der Waals surface area contributed by atoms with Crippen LogP contribution in [0.5, 0.6) is 0 Å². The topological polar surface area (TPSA) is 69.7 Å². The van der Waals surface area contributed by atoms with E-state index in [1.807, 2.05) is 98.7 Å². The van der Waals surface area contributed by atoms with Crippen LogP contribution in [-0.2, 0) is 36.9 Å². The minimum atomic E-state index is -1.11. The van der Waals surface area contributed by atoms with Crippen LogP contribution < -0.4 is 0 Å². The molecule has 0 atom stereocenters. The van der Waals surface area contributed by atoms with E-state index in [1.54, 1.807) is 13.0 Å². The van der Waals surface area contributed by atoms with E-state index < -0.39 is 18.9 Å². The number of allylic oxidation sites excluding steroid dienone is 1. The second-order valence-electron chi connectivity index (χ2n) is 34.1. The van der Waals surface area contributed by atoms with Crippen molar-refractivity contribution in [3.05, 3.63) is 97.1 Å². The molecule has 0 aromatic heterocycles. The molecule has 466 valence electrons. The number of carbonyl (C=O) groups excluding carboxylic acids is 3. The lowest BCUT2D eigenvalue weighted by molar-refractivity contribution is -0.154. The molecule has 0 heterocycles. The molecular weight excluding hydrogens is 985 g/mol. The van der Waals surface area contributed by atoms with Gasteiger partial charge in [-0.15, -0.1) is 6.58 Å². The van der Waals surface area contributed by atoms with E-state index in [-0.39, 0.29) is 23.1 Å². The molecule has 2 aromatic rings. The van der Waals surface area contributed by atoms with Crippen molar-refractivity contribution >= 4 is 25.8 Å². The lowest BCUT2D eigenvalue weighted by Crippen LogP contribution is -2.45. The molecule has 0 spiro atoms. The Morgan fingerprint density at radius 1 is 0.443 bits per heavy atom. The molecule has 0 aliphatic rings. The van der Waals surface area contributed by atoms with Gasteiger partial charge in [0, 0.05) is 5.41 Å². The van der Waals surface area contributed by atoms with E-state index in [9.17, 15) is 14.4 Å². The molecule has 0 radical (unpaired) electrons. The van der Waals surface area contributed by atoms with E-state index >= 15 is 0 Å². The van der Waals surface area contributed by atoms with Gasteiger partial charge in [-0.25, -0.2) is 0 Å². The highest BCUT2D eigenvalue weighted by atomic mass is 28.3. The largest absolute Gasteiger partial charge is 0.461 e. The van der Waals surface area contributed by atoms with Crippen LogP contribution in [0.25, 0.3) is 0 Å². The standard InChI is InChI=1S/C12H16O2.C11H16.C10H24Si.C8H14O2.C8H18.C7H14.C6H12O.C6H14.C5H12/c1-12(2,3)11(13)14-9-10-7-5-4-6-8-10;1-11(2,3)9-10-7-5-4-6-8-10;1-9(2,3)11(7,8)10(4,5)6;1-5-6-10-7(9)8(2,3)4;1-7(2,3)8(4,5)6;1-5-6-7(2,3)4;1-5(7)6(2,3)4;1-5-6(2,3)4;1-5(2,3)4/h4-8H,9H2,1-3H3;4-8H,9H2,1-3H3;1-8H3;5H,1,6H2,2-4H3;1-6H3;5H,1,6H2,2-4H3;1-4H3;5H2,1-4H3;1-4H3. The van der Waals surface area contributed by atoms with E-state index in [1.165, 1.54) is 12.0 Å². The molecule has 0 bridgehead atoms. The third-order valence-corrected chi connectivity index (χ3v) is 20.7. The lowest BCUT2D eigenvalue weighted by atomic mass is 9.71. The summed E-state index contributed by atoms with van der Waals surface area (Å²) in [4.78, 5) is 32.8. The van der Waals surface area contributed by atoms with Crippen molar-refractivity contribution in [2.45, 2.75) is 298 Å². The van der Waals surface area contributed by atoms with Gasteiger partial charge in [0.05, 0.1) is 18.9 Å². The number of esters is 2. The third kappa shape index (κ3) is 63.8. The predicted molar refractivity (Wildman–Crippen MR) is 361 cm³/mol. The molecule has 0 aliphatic carbocycles. The number of ketones is 1. The Morgan fingerprint density at radius 3 is 0.886 bits per heavy atom. The highest BCUT2D eigenvalue weighted by Crippen LogP contribution is 2.50. The summed E-state index contributed by atoms with van der Waals surface area (Å²) in [6, 6.07) is 20.3. The molecule has 2 aromatic carbocycles. The van der Waals surface area contributed by atoms with E-state index in [0.717, 1.165) is 18.4 Å². The van der Waals surface area contributed by atoms with Crippen LogP contribution in [0, 0.1) is 48.7 Å². The summed E-state index contributed by atoms with van der Waals surface area (Å²) in [5, 5.41) is 1.04. The maximum atomic E-state index is 11.4. The summed E-state index contributed by atoms with van der Waals surface area (Å²) in [7, 11) is -1.11. The zero-order chi connectivity index (χ0) is 65.3. The van der Waals surface area contributed by atoms with Crippen molar-refractivity contribution in [3.8, 4) is 0 Å². The Morgan fingerprint density at radius 2 is 0.722 bits per heavy atom. The maximum absolute atomic E-state index is 11.4. The van der Waals surface area contributed by atoms with Gasteiger partial charge in [-0.3, -0.25) is 14.4 Å². The van der Waals surface area contributed by atoms with Crippen molar-refractivity contribution in [2.75, 3.05) is 6.61 Å². The molecule has 0 N–H and O–H groups in total. The van der Waals surface area contributed by atoms with E-state index in [2.05, 4.69) is 237 Å². The Balaban J connectivity index is -0.000000150. The van der Waals surface area contributed by atoms with Gasteiger partial charge in [-0.1, -0.05) is 300 Å². The van der Waals surface area contributed by atoms with Gasteiger partial charge in [0.2, 0.25) is 0 Å². The van der Waals surface area contributed by atoms with Crippen molar-refractivity contribution in [1.82, 2.24) is 0 Å². The van der Waals surface area contributed by atoms with Crippen molar-refractivity contribution in [3.63, 3.8) is 0 Å². The van der Waals surface area contributed by atoms with Gasteiger partial charge in [0.15, 0.2) is 0 Å². The van der Waals surface area contributed by atoms with Crippen LogP contribution in [-0.4, -0.2) is 32.4 Å². The van der Waals surface area contributed by atoms with Crippen LogP contribution in [0.4, 0.5) is 0 Å². The zero-order valence-corrected chi connectivity index (χ0v) is 61.4. The molecule has 0 saturated carbocycles. The van der Waals surface area contributed by atoms with E-state index in [4.69, 9.17) is 9.47 Å². The first-order valence-electron chi connectivity index (χ1n) is 29.5. The van der Waals surface area contributed by atoms with Gasteiger partial charge < -0.3 is 9.47 Å². The molecular formula is C73H140O5Si. The van der Waals surface area contributed by atoms with Gasteiger partial charge >= 0.3 is 11.9 Å². The summed E-state index contributed by atoms with van der Waals surface area (Å²) in [5.74, 6) is -0.110. The quantitative estimate of drug-likeness (QED) is 0.164. The fourth-order valence-electron chi connectivity index (χ4n) is 4.06. The summed E-state index contributed by atoms with van der Waals surface area (Å²) < 4.78 is 9.95. The fraction of sp³-hybridized carbons (Fsp3) is 0.740. The van der Waals surface area contributed by atoms with Crippen molar-refractivity contribution in [1.29, 1.82) is 0 Å². The normalized spacial score (nSPS) is 12.2. The molecule has 0 fully saturated rings. The Kier molecular flexibility index (Phi) is 43.6. The number of hydrogen-bond donors (Lipinski definition) is 0. The molecule has 79 heavy (non-hydrogen) atoms. The van der Waals surface area contributed by atoms with Crippen LogP contribution in [0.1, 0.15) is 273 Å². The van der Waals surface area contributed by atoms with Gasteiger partial charge in [-0.2, -0.15) is 0 Å². The summed E-state index contributed by atoms with van der Waals surface area (Å²) in [6.45, 7) is 90.1. The second kappa shape index (κ2) is 38.5. The predicted octanol–water partition coefficient (Wildman–Crippen LogP) is 23.9. The summed E-state index contributed by atoms with van der Waals surface area (Å²) >= 11 is 0. The molecule has 5 nitrogen and oxygen atoms in total. The highest BCUT2D eigenvalue weighted by Gasteiger charge is 2.44. The minimum Gasteiger partial charge on any atom is -0.461 e. The average molecular weight is 1130 g/mol. The van der Waals surface area contributed by atoms with Gasteiger partial charge in [0.1, 0.15) is 19.0 Å². The first-order valence-corrected chi connectivity index (χ1v) is 32.5. The van der Waals surface area contributed by atoms with Gasteiger partial charge in [-0.05, 0) is 115 Å².